The van der Waals surface area contributed by atoms with Gasteiger partial charge < -0.3 is 5.73 Å². The molecule has 2 unspecified atom stereocenters. The Balaban J connectivity index is 0.000000640. The van der Waals surface area contributed by atoms with Crippen LogP contribution in [0.2, 0.25) is 0 Å². The van der Waals surface area contributed by atoms with E-state index in [9.17, 15) is 0 Å². The Labute approximate surface area is 63.4 Å². The van der Waals surface area contributed by atoms with Gasteiger partial charge in [-0.2, -0.15) is 0 Å². The molecule has 0 aromatic heterocycles. The fourth-order valence-electron chi connectivity index (χ4n) is 1.54. The van der Waals surface area contributed by atoms with Gasteiger partial charge in [0.1, 0.15) is 0 Å². The van der Waals surface area contributed by atoms with E-state index in [1.165, 1.54) is 19.3 Å². The zero-order valence-electron chi connectivity index (χ0n) is 5.97. The first-order valence-electron chi connectivity index (χ1n) is 3.53. The minimum atomic E-state index is 0. The predicted octanol–water partition coefficient (Wildman–Crippen LogP) is 1.80. The van der Waals surface area contributed by atoms with Gasteiger partial charge in [0.05, 0.1) is 0 Å². The van der Waals surface area contributed by atoms with Crippen LogP contribution in [0.25, 0.3) is 0 Å². The Morgan fingerprint density at radius 2 is 2.11 bits per heavy atom. The molecule has 0 aliphatic heterocycles. The monoisotopic (exact) mass is 149 g/mol. The summed E-state index contributed by atoms with van der Waals surface area (Å²) >= 11 is 0. The number of rotatable bonds is 1. The molecule has 0 amide bonds. The van der Waals surface area contributed by atoms with Crippen molar-refractivity contribution >= 4 is 12.4 Å². The molecule has 0 radical (unpaired) electrons. The molecule has 1 nitrogen and oxygen atoms in total. The highest BCUT2D eigenvalue weighted by atomic mass is 35.5. The summed E-state index contributed by atoms with van der Waals surface area (Å²) in [5, 5.41) is 0. The zero-order chi connectivity index (χ0) is 5.98. The van der Waals surface area contributed by atoms with Crippen molar-refractivity contribution in [2.24, 2.45) is 17.6 Å². The van der Waals surface area contributed by atoms with Crippen molar-refractivity contribution in [3.8, 4) is 0 Å². The van der Waals surface area contributed by atoms with E-state index in [4.69, 9.17) is 5.73 Å². The van der Waals surface area contributed by atoms with E-state index in [1.54, 1.807) is 0 Å². The van der Waals surface area contributed by atoms with Crippen molar-refractivity contribution < 1.29 is 0 Å². The first-order valence-corrected chi connectivity index (χ1v) is 3.53. The quantitative estimate of drug-likeness (QED) is 0.605. The summed E-state index contributed by atoms with van der Waals surface area (Å²) in [6.07, 6.45) is 4.15. The van der Waals surface area contributed by atoms with Crippen molar-refractivity contribution in [3.05, 3.63) is 0 Å². The number of hydrogen-bond donors (Lipinski definition) is 1. The molecule has 1 aliphatic carbocycles. The lowest BCUT2D eigenvalue weighted by molar-refractivity contribution is 0.525. The van der Waals surface area contributed by atoms with Crippen LogP contribution < -0.4 is 5.73 Å². The molecule has 0 aromatic carbocycles. The molecule has 1 rings (SSSR count). The summed E-state index contributed by atoms with van der Waals surface area (Å²) in [6, 6.07) is 0. The minimum absolute atomic E-state index is 0. The van der Waals surface area contributed by atoms with E-state index in [0.29, 0.717) is 0 Å². The van der Waals surface area contributed by atoms with Gasteiger partial charge in [0.25, 0.3) is 0 Å². The second-order valence-electron chi connectivity index (χ2n) is 3.02. The Bertz CT molecular complexity index is 75.3. The smallest absolute Gasteiger partial charge is 0.00488 e. The number of halogens is 1. The lowest BCUT2D eigenvalue weighted by Gasteiger charge is -2.02. The summed E-state index contributed by atoms with van der Waals surface area (Å²) in [4.78, 5) is 0. The normalized spacial score (nSPS) is 34.0. The van der Waals surface area contributed by atoms with E-state index >= 15 is 0 Å². The van der Waals surface area contributed by atoms with Crippen LogP contribution in [0.3, 0.4) is 0 Å². The summed E-state index contributed by atoms with van der Waals surface area (Å²) in [7, 11) is 0. The molecule has 2 atom stereocenters. The van der Waals surface area contributed by atoms with Crippen LogP contribution in [-0.4, -0.2) is 6.54 Å². The molecule has 0 spiro atoms. The average molecular weight is 150 g/mol. The van der Waals surface area contributed by atoms with E-state index in [0.717, 1.165) is 18.4 Å². The van der Waals surface area contributed by atoms with E-state index in [2.05, 4.69) is 6.92 Å². The van der Waals surface area contributed by atoms with Gasteiger partial charge in [-0.05, 0) is 31.2 Å². The van der Waals surface area contributed by atoms with Crippen molar-refractivity contribution in [2.75, 3.05) is 6.54 Å². The van der Waals surface area contributed by atoms with Crippen molar-refractivity contribution in [1.82, 2.24) is 0 Å². The highest BCUT2D eigenvalue weighted by Gasteiger charge is 2.18. The predicted molar refractivity (Wildman–Crippen MR) is 42.8 cm³/mol. The minimum Gasteiger partial charge on any atom is -0.330 e. The molecule has 1 fully saturated rings. The maximum Gasteiger partial charge on any atom is -0.00488 e. The van der Waals surface area contributed by atoms with Gasteiger partial charge in [0.15, 0.2) is 0 Å². The van der Waals surface area contributed by atoms with Crippen LogP contribution in [0.4, 0.5) is 0 Å². The van der Waals surface area contributed by atoms with E-state index in [-0.39, 0.29) is 12.4 Å². The number of nitrogens with two attached hydrogens (primary N) is 1. The highest BCUT2D eigenvalue weighted by molar-refractivity contribution is 5.85. The van der Waals surface area contributed by atoms with Crippen molar-refractivity contribution in [1.29, 1.82) is 0 Å². The molecular formula is C7H16ClN. The Kier molecular flexibility index (Phi) is 4.24. The van der Waals surface area contributed by atoms with Crippen molar-refractivity contribution in [3.63, 3.8) is 0 Å². The first kappa shape index (κ1) is 9.25. The second-order valence-corrected chi connectivity index (χ2v) is 3.02. The fraction of sp³-hybridized carbons (Fsp3) is 1.00. The molecule has 0 bridgehead atoms. The van der Waals surface area contributed by atoms with Gasteiger partial charge >= 0.3 is 0 Å². The van der Waals surface area contributed by atoms with Crippen LogP contribution in [0, 0.1) is 11.8 Å². The van der Waals surface area contributed by atoms with Crippen LogP contribution in [0.5, 0.6) is 0 Å². The molecular weight excluding hydrogens is 134 g/mol. The molecule has 2 N–H and O–H groups in total. The third-order valence-electron chi connectivity index (χ3n) is 2.14. The molecule has 2 heteroatoms. The van der Waals surface area contributed by atoms with Gasteiger partial charge in [-0.3, -0.25) is 0 Å². The third kappa shape index (κ3) is 2.55. The standard InChI is InChI=1S/C7H15N.ClH/c1-6-2-3-7(4-6)5-8;/h6-7H,2-5,8H2,1H3;1H. The Morgan fingerprint density at radius 3 is 2.33 bits per heavy atom. The maximum absolute atomic E-state index is 5.50. The molecule has 56 valence electrons. The summed E-state index contributed by atoms with van der Waals surface area (Å²) < 4.78 is 0. The van der Waals surface area contributed by atoms with Gasteiger partial charge in [-0.15, -0.1) is 12.4 Å². The largest absolute Gasteiger partial charge is 0.330 e. The maximum atomic E-state index is 5.50. The van der Waals surface area contributed by atoms with Gasteiger partial charge in [-0.25, -0.2) is 0 Å². The summed E-state index contributed by atoms with van der Waals surface area (Å²) in [5.74, 6) is 1.80. The average Bonchev–Trinajstić information content (AvgIpc) is 2.14. The van der Waals surface area contributed by atoms with Gasteiger partial charge in [0, 0.05) is 0 Å². The lowest BCUT2D eigenvalue weighted by Crippen LogP contribution is -2.10. The van der Waals surface area contributed by atoms with E-state index < -0.39 is 0 Å². The molecule has 0 saturated heterocycles. The molecule has 9 heavy (non-hydrogen) atoms. The second kappa shape index (κ2) is 4.13. The Morgan fingerprint density at radius 1 is 1.44 bits per heavy atom. The fourth-order valence-corrected chi connectivity index (χ4v) is 1.54. The molecule has 1 saturated carbocycles. The van der Waals surface area contributed by atoms with Crippen LogP contribution in [0.15, 0.2) is 0 Å². The van der Waals surface area contributed by atoms with Gasteiger partial charge in [-0.1, -0.05) is 13.3 Å². The van der Waals surface area contributed by atoms with Crippen LogP contribution in [0.1, 0.15) is 26.2 Å². The molecule has 0 aromatic rings. The lowest BCUT2D eigenvalue weighted by atomic mass is 10.1. The SMILES string of the molecule is CC1CCC(CN)C1.Cl. The summed E-state index contributed by atoms with van der Waals surface area (Å²) in [5.41, 5.74) is 5.50. The third-order valence-corrected chi connectivity index (χ3v) is 2.14. The van der Waals surface area contributed by atoms with E-state index in [1.807, 2.05) is 0 Å². The topological polar surface area (TPSA) is 26.0 Å². The Hall–Kier alpha value is 0.250. The van der Waals surface area contributed by atoms with Crippen molar-refractivity contribution in [2.45, 2.75) is 26.2 Å². The number of hydrogen-bond acceptors (Lipinski definition) is 1. The highest BCUT2D eigenvalue weighted by Crippen LogP contribution is 2.28. The molecule has 0 heterocycles. The van der Waals surface area contributed by atoms with Gasteiger partial charge in [0.2, 0.25) is 0 Å². The molecule has 1 aliphatic rings. The van der Waals surface area contributed by atoms with Crippen LogP contribution in [-0.2, 0) is 0 Å². The van der Waals surface area contributed by atoms with Crippen LogP contribution >= 0.6 is 12.4 Å². The first-order chi connectivity index (χ1) is 3.83. The zero-order valence-corrected chi connectivity index (χ0v) is 6.79. The summed E-state index contributed by atoms with van der Waals surface area (Å²) in [6.45, 7) is 3.22.